The number of aromatic nitrogens is 3. The third-order valence-electron chi connectivity index (χ3n) is 4.53. The van der Waals surface area contributed by atoms with Gasteiger partial charge in [-0.05, 0) is 67.9 Å². The summed E-state index contributed by atoms with van der Waals surface area (Å²) in [7, 11) is 0. The van der Waals surface area contributed by atoms with Crippen LogP contribution >= 0.6 is 0 Å². The Labute approximate surface area is 180 Å². The van der Waals surface area contributed by atoms with Crippen LogP contribution in [0.4, 0.5) is 28.8 Å². The highest BCUT2D eigenvalue weighted by Crippen LogP contribution is 2.21. The van der Waals surface area contributed by atoms with Gasteiger partial charge in [0.05, 0.1) is 0 Å². The summed E-state index contributed by atoms with van der Waals surface area (Å²) < 4.78 is 0. The van der Waals surface area contributed by atoms with Crippen LogP contribution in [0.1, 0.15) is 21.5 Å². The molecule has 4 aromatic rings. The number of amides is 1. The second-order valence-corrected chi connectivity index (χ2v) is 7.16. The average Bonchev–Trinajstić information content (AvgIpc) is 2.75. The predicted octanol–water partition coefficient (Wildman–Crippen LogP) is 5.23. The molecule has 0 atom stereocenters. The summed E-state index contributed by atoms with van der Waals surface area (Å²) in [5, 5.41) is 9.32. The first-order valence-corrected chi connectivity index (χ1v) is 9.82. The molecule has 0 spiro atoms. The van der Waals surface area contributed by atoms with Gasteiger partial charge in [0.2, 0.25) is 0 Å². The number of carbonyl (C=O) groups is 1. The minimum atomic E-state index is -0.138. The summed E-state index contributed by atoms with van der Waals surface area (Å²) >= 11 is 0. The molecule has 3 N–H and O–H groups in total. The van der Waals surface area contributed by atoms with E-state index < -0.39 is 0 Å². The summed E-state index contributed by atoms with van der Waals surface area (Å²) in [4.78, 5) is 25.2. The molecule has 154 valence electrons. The molecule has 7 nitrogen and oxygen atoms in total. The molecule has 2 aromatic carbocycles. The molecule has 0 saturated heterocycles. The minimum Gasteiger partial charge on any atom is -0.340 e. The molecule has 2 heterocycles. The van der Waals surface area contributed by atoms with Crippen molar-refractivity contribution in [2.45, 2.75) is 13.8 Å². The fourth-order valence-corrected chi connectivity index (χ4v) is 3.00. The standard InChI is InChI=1S/C24H22N6O/c1-16-4-3-5-18(12-16)24(31)29-20-8-6-19(7-9-20)28-22-14-23(27-15-26-22)30-21-13-17(2)10-11-25-21/h3-15H,1-2H3,(H,29,31)(H2,25,26,27,28,30). The Bertz CT molecular complexity index is 1210. The van der Waals surface area contributed by atoms with Gasteiger partial charge in [-0.3, -0.25) is 4.79 Å². The predicted molar refractivity (Wildman–Crippen MR) is 123 cm³/mol. The number of aryl methyl sites for hydroxylation is 2. The molecule has 1 amide bonds. The lowest BCUT2D eigenvalue weighted by molar-refractivity contribution is 0.102. The summed E-state index contributed by atoms with van der Waals surface area (Å²) in [5.41, 5.74) is 4.34. The summed E-state index contributed by atoms with van der Waals surface area (Å²) in [6, 6.07) is 20.6. The van der Waals surface area contributed by atoms with Gasteiger partial charge in [0, 0.05) is 29.2 Å². The highest BCUT2D eigenvalue weighted by molar-refractivity contribution is 6.04. The Balaban J connectivity index is 1.40. The molecule has 0 fully saturated rings. The monoisotopic (exact) mass is 410 g/mol. The number of benzene rings is 2. The van der Waals surface area contributed by atoms with Gasteiger partial charge in [-0.25, -0.2) is 15.0 Å². The van der Waals surface area contributed by atoms with Crippen LogP contribution in [-0.2, 0) is 0 Å². The summed E-state index contributed by atoms with van der Waals surface area (Å²) in [6.45, 7) is 3.97. The molecule has 4 rings (SSSR count). The van der Waals surface area contributed by atoms with E-state index in [1.165, 1.54) is 6.33 Å². The third-order valence-corrected chi connectivity index (χ3v) is 4.53. The topological polar surface area (TPSA) is 91.8 Å². The van der Waals surface area contributed by atoms with Crippen molar-refractivity contribution in [3.8, 4) is 0 Å². The largest absolute Gasteiger partial charge is 0.340 e. The van der Waals surface area contributed by atoms with Gasteiger partial charge in [0.1, 0.15) is 23.8 Å². The first-order chi connectivity index (χ1) is 15.0. The van der Waals surface area contributed by atoms with Crippen LogP contribution in [0.25, 0.3) is 0 Å². The molecule has 0 aliphatic heterocycles. The Kier molecular flexibility index (Phi) is 5.84. The quantitative estimate of drug-likeness (QED) is 0.403. The summed E-state index contributed by atoms with van der Waals surface area (Å²) in [5.74, 6) is 1.86. The zero-order valence-electron chi connectivity index (χ0n) is 17.3. The lowest BCUT2D eigenvalue weighted by Crippen LogP contribution is -2.11. The highest BCUT2D eigenvalue weighted by Gasteiger charge is 2.07. The van der Waals surface area contributed by atoms with Crippen LogP contribution in [0.2, 0.25) is 0 Å². The van der Waals surface area contributed by atoms with Gasteiger partial charge >= 0.3 is 0 Å². The van der Waals surface area contributed by atoms with Gasteiger partial charge in [-0.1, -0.05) is 17.7 Å². The Morgan fingerprint density at radius 1 is 0.710 bits per heavy atom. The smallest absolute Gasteiger partial charge is 0.255 e. The van der Waals surface area contributed by atoms with Gasteiger partial charge in [0.25, 0.3) is 5.91 Å². The van der Waals surface area contributed by atoms with E-state index in [0.29, 0.717) is 22.9 Å². The number of pyridine rings is 1. The average molecular weight is 410 g/mol. The van der Waals surface area contributed by atoms with Crippen LogP contribution < -0.4 is 16.0 Å². The Morgan fingerprint density at radius 3 is 2.13 bits per heavy atom. The fraction of sp³-hybridized carbons (Fsp3) is 0.0833. The maximum Gasteiger partial charge on any atom is 0.255 e. The number of rotatable bonds is 6. The maximum absolute atomic E-state index is 12.4. The molecular formula is C24H22N6O. The van der Waals surface area contributed by atoms with Crippen molar-refractivity contribution in [1.29, 1.82) is 0 Å². The zero-order chi connectivity index (χ0) is 21.6. The molecule has 0 aliphatic carbocycles. The maximum atomic E-state index is 12.4. The van der Waals surface area contributed by atoms with Crippen molar-refractivity contribution in [2.24, 2.45) is 0 Å². The molecule has 0 aliphatic rings. The highest BCUT2D eigenvalue weighted by atomic mass is 16.1. The normalized spacial score (nSPS) is 10.4. The molecule has 2 aromatic heterocycles. The van der Waals surface area contributed by atoms with Gasteiger partial charge in [0.15, 0.2) is 0 Å². The molecule has 7 heteroatoms. The molecule has 0 radical (unpaired) electrons. The number of anilines is 5. The molecule has 0 bridgehead atoms. The Hall–Kier alpha value is -4.26. The first kappa shape index (κ1) is 20.0. The van der Waals surface area contributed by atoms with E-state index in [4.69, 9.17) is 0 Å². The van der Waals surface area contributed by atoms with Crippen molar-refractivity contribution in [2.75, 3.05) is 16.0 Å². The van der Waals surface area contributed by atoms with Crippen LogP contribution in [0, 0.1) is 13.8 Å². The van der Waals surface area contributed by atoms with E-state index in [1.807, 2.05) is 68.4 Å². The lowest BCUT2D eigenvalue weighted by Gasteiger charge is -2.10. The van der Waals surface area contributed by atoms with Crippen LogP contribution in [0.15, 0.2) is 79.3 Å². The van der Waals surface area contributed by atoms with Crippen molar-refractivity contribution < 1.29 is 4.79 Å². The molecular weight excluding hydrogens is 388 g/mol. The van der Waals surface area contributed by atoms with Crippen molar-refractivity contribution in [3.05, 3.63) is 95.9 Å². The number of hydrogen-bond acceptors (Lipinski definition) is 6. The van der Waals surface area contributed by atoms with Crippen LogP contribution in [-0.4, -0.2) is 20.9 Å². The van der Waals surface area contributed by atoms with E-state index in [0.717, 1.165) is 22.6 Å². The first-order valence-electron chi connectivity index (χ1n) is 9.82. The number of hydrogen-bond donors (Lipinski definition) is 3. The molecule has 31 heavy (non-hydrogen) atoms. The summed E-state index contributed by atoms with van der Waals surface area (Å²) in [6.07, 6.45) is 3.23. The number of nitrogens with one attached hydrogen (secondary N) is 3. The second-order valence-electron chi connectivity index (χ2n) is 7.16. The number of nitrogens with zero attached hydrogens (tertiary/aromatic N) is 3. The molecule has 0 saturated carbocycles. The van der Waals surface area contributed by atoms with Crippen molar-refractivity contribution in [1.82, 2.24) is 15.0 Å². The second kappa shape index (κ2) is 9.04. The van der Waals surface area contributed by atoms with Gasteiger partial charge < -0.3 is 16.0 Å². The van der Waals surface area contributed by atoms with Crippen LogP contribution in [0.5, 0.6) is 0 Å². The number of carbonyl (C=O) groups excluding carboxylic acids is 1. The minimum absolute atomic E-state index is 0.138. The van der Waals surface area contributed by atoms with Gasteiger partial charge in [-0.15, -0.1) is 0 Å². The molecule has 0 unspecified atom stereocenters. The van der Waals surface area contributed by atoms with Crippen molar-refractivity contribution in [3.63, 3.8) is 0 Å². The SMILES string of the molecule is Cc1cccc(C(=O)Nc2ccc(Nc3cc(Nc4cc(C)ccn4)ncn3)cc2)c1. The zero-order valence-corrected chi connectivity index (χ0v) is 17.3. The van der Waals surface area contributed by atoms with E-state index in [1.54, 1.807) is 18.3 Å². The van der Waals surface area contributed by atoms with E-state index in [9.17, 15) is 4.79 Å². The van der Waals surface area contributed by atoms with Gasteiger partial charge in [-0.2, -0.15) is 0 Å². The van der Waals surface area contributed by atoms with E-state index in [-0.39, 0.29) is 5.91 Å². The fourth-order valence-electron chi connectivity index (χ4n) is 3.00. The Morgan fingerprint density at radius 2 is 1.39 bits per heavy atom. The lowest BCUT2D eigenvalue weighted by atomic mass is 10.1. The van der Waals surface area contributed by atoms with Crippen molar-refractivity contribution >= 4 is 34.7 Å². The van der Waals surface area contributed by atoms with E-state index in [2.05, 4.69) is 30.9 Å². The van der Waals surface area contributed by atoms with Crippen LogP contribution in [0.3, 0.4) is 0 Å². The van der Waals surface area contributed by atoms with E-state index >= 15 is 0 Å². The third kappa shape index (κ3) is 5.42.